The van der Waals surface area contributed by atoms with E-state index in [-0.39, 0.29) is 17.4 Å². The summed E-state index contributed by atoms with van der Waals surface area (Å²) in [6.07, 6.45) is 8.87. The van der Waals surface area contributed by atoms with E-state index < -0.39 is 16.1 Å². The summed E-state index contributed by atoms with van der Waals surface area (Å²) < 4.78 is 25.3. The number of sulfonamides is 1. The van der Waals surface area contributed by atoms with Crippen molar-refractivity contribution in [3.05, 3.63) is 89.0 Å². The molecule has 9 heteroatoms. The summed E-state index contributed by atoms with van der Waals surface area (Å²) in [5.41, 5.74) is 4.13. The van der Waals surface area contributed by atoms with E-state index in [9.17, 15) is 23.7 Å². The monoisotopic (exact) mass is 667 g/mol. The molecule has 0 fully saturated rings. The number of benzene rings is 3. The first-order chi connectivity index (χ1) is 22.4. The van der Waals surface area contributed by atoms with Crippen LogP contribution in [0.15, 0.2) is 66.7 Å². The Morgan fingerprint density at radius 2 is 1.40 bits per heavy atom. The second-order valence-corrected chi connectivity index (χ2v) is 15.1. The number of phenolic OH excluding ortho intramolecular Hbond substituents is 2. The van der Waals surface area contributed by atoms with Gasteiger partial charge in [-0.1, -0.05) is 74.2 Å². The van der Waals surface area contributed by atoms with Crippen molar-refractivity contribution in [1.29, 1.82) is 0 Å². The molecule has 3 aromatic carbocycles. The maximum Gasteiger partial charge on any atom is 0.229 e. The number of aliphatic hydroxyl groups excluding tert-OH is 1. The third-order valence-corrected chi connectivity index (χ3v) is 9.37. The lowest BCUT2D eigenvalue weighted by Gasteiger charge is -2.32. The Morgan fingerprint density at radius 1 is 0.766 bits per heavy atom. The second-order valence-electron chi connectivity index (χ2n) is 13.3. The Labute approximate surface area is 283 Å². The van der Waals surface area contributed by atoms with Gasteiger partial charge in [0.05, 0.1) is 18.0 Å². The fourth-order valence-corrected chi connectivity index (χ4v) is 6.86. The van der Waals surface area contributed by atoms with E-state index in [2.05, 4.69) is 79.0 Å². The summed E-state index contributed by atoms with van der Waals surface area (Å²) in [7, 11) is -3.54. The summed E-state index contributed by atoms with van der Waals surface area (Å²) in [5.74, 6) is 0.331. The lowest BCUT2D eigenvalue weighted by atomic mass is 9.86. The minimum atomic E-state index is -3.54. The van der Waals surface area contributed by atoms with Gasteiger partial charge in [-0.05, 0) is 101 Å². The molecule has 0 aliphatic heterocycles. The molecule has 0 aliphatic carbocycles. The number of aliphatic hydroxyl groups is 1. The van der Waals surface area contributed by atoms with Crippen LogP contribution in [-0.2, 0) is 16.4 Å². The average molecular weight is 668 g/mol. The molecule has 47 heavy (non-hydrogen) atoms. The van der Waals surface area contributed by atoms with E-state index in [1.165, 1.54) is 29.7 Å². The fraction of sp³-hybridized carbons (Fsp3) is 0.526. The minimum Gasteiger partial charge on any atom is -0.508 e. The number of aromatic hydroxyl groups is 2. The van der Waals surface area contributed by atoms with Crippen molar-refractivity contribution < 1.29 is 23.7 Å². The zero-order chi connectivity index (χ0) is 34.4. The molecule has 0 aliphatic rings. The Kier molecular flexibility index (Phi) is 15.5. The van der Waals surface area contributed by atoms with Gasteiger partial charge in [-0.15, -0.1) is 0 Å². The predicted octanol–water partition coefficient (Wildman–Crippen LogP) is 7.32. The van der Waals surface area contributed by atoms with Crippen molar-refractivity contribution in [2.45, 2.75) is 103 Å². The van der Waals surface area contributed by atoms with Crippen LogP contribution in [0, 0.1) is 0 Å². The Hall–Kier alpha value is -3.11. The molecule has 3 aromatic rings. The van der Waals surface area contributed by atoms with Crippen LogP contribution in [0.2, 0.25) is 0 Å². The number of hydrogen-bond donors (Lipinski definition) is 5. The molecule has 5 N–H and O–H groups in total. The van der Waals surface area contributed by atoms with E-state index in [1.54, 1.807) is 6.07 Å². The highest BCUT2D eigenvalue weighted by Gasteiger charge is 2.22. The molecule has 0 radical (unpaired) electrons. The van der Waals surface area contributed by atoms with Gasteiger partial charge in [-0.3, -0.25) is 9.62 Å². The van der Waals surface area contributed by atoms with Crippen LogP contribution < -0.4 is 10.0 Å². The van der Waals surface area contributed by atoms with Crippen molar-refractivity contribution in [2.75, 3.05) is 30.6 Å². The summed E-state index contributed by atoms with van der Waals surface area (Å²) >= 11 is 0. The highest BCUT2D eigenvalue weighted by atomic mass is 32.2. The van der Waals surface area contributed by atoms with Gasteiger partial charge in [0.1, 0.15) is 11.5 Å². The summed E-state index contributed by atoms with van der Waals surface area (Å²) in [5, 5.41) is 34.6. The largest absolute Gasteiger partial charge is 0.508 e. The smallest absolute Gasteiger partial charge is 0.229 e. The van der Waals surface area contributed by atoms with Crippen molar-refractivity contribution in [3.8, 4) is 11.5 Å². The minimum absolute atomic E-state index is 0.0570. The normalized spacial score (nSPS) is 13.4. The predicted molar refractivity (Wildman–Crippen MR) is 194 cm³/mol. The highest BCUT2D eigenvalue weighted by molar-refractivity contribution is 7.92. The number of anilines is 1. The molecule has 8 nitrogen and oxygen atoms in total. The SMILES string of the molecule is CC(C)N(CCC(c1ccccc1)c1cc(CCCCCCCCNCC(O)c2ccc(O)c(NS(C)(=O)=O)c2)ccc1O)C(C)C. The molecule has 0 amide bonds. The lowest BCUT2D eigenvalue weighted by Crippen LogP contribution is -2.38. The third kappa shape index (κ3) is 13.1. The zero-order valence-corrected chi connectivity index (χ0v) is 29.8. The van der Waals surface area contributed by atoms with Crippen molar-refractivity contribution in [1.82, 2.24) is 10.2 Å². The quantitative estimate of drug-likeness (QED) is 0.0596. The molecule has 260 valence electrons. The highest BCUT2D eigenvalue weighted by Crippen LogP contribution is 2.35. The number of phenols is 2. The Bertz CT molecular complexity index is 1460. The van der Waals surface area contributed by atoms with E-state index in [4.69, 9.17) is 0 Å². The maximum atomic E-state index is 11.5. The van der Waals surface area contributed by atoms with E-state index >= 15 is 0 Å². The molecule has 0 aromatic heterocycles. The molecule has 0 spiro atoms. The van der Waals surface area contributed by atoms with Gasteiger partial charge in [-0.2, -0.15) is 0 Å². The topological polar surface area (TPSA) is 122 Å². The van der Waals surface area contributed by atoms with Crippen LogP contribution in [0.4, 0.5) is 5.69 Å². The number of unbranched alkanes of at least 4 members (excludes halogenated alkanes) is 5. The number of nitrogens with one attached hydrogen (secondary N) is 2. The van der Waals surface area contributed by atoms with Crippen LogP contribution in [0.25, 0.3) is 0 Å². The average Bonchev–Trinajstić information content (AvgIpc) is 3.01. The molecule has 0 saturated carbocycles. The first kappa shape index (κ1) is 38.3. The van der Waals surface area contributed by atoms with Gasteiger partial charge in [-0.25, -0.2) is 8.42 Å². The number of nitrogens with zero attached hydrogens (tertiary/aromatic N) is 1. The van der Waals surface area contributed by atoms with E-state index in [0.29, 0.717) is 29.9 Å². The van der Waals surface area contributed by atoms with Crippen molar-refractivity contribution in [2.24, 2.45) is 0 Å². The van der Waals surface area contributed by atoms with Gasteiger partial charge >= 0.3 is 0 Å². The van der Waals surface area contributed by atoms with Gasteiger partial charge in [0, 0.05) is 30.1 Å². The number of hydrogen-bond acceptors (Lipinski definition) is 7. The van der Waals surface area contributed by atoms with Crippen LogP contribution in [0.3, 0.4) is 0 Å². The molecule has 2 unspecified atom stereocenters. The first-order valence-corrected chi connectivity index (χ1v) is 19.1. The van der Waals surface area contributed by atoms with Gasteiger partial charge in [0.2, 0.25) is 10.0 Å². The molecule has 2 atom stereocenters. The summed E-state index contributed by atoms with van der Waals surface area (Å²) in [6.45, 7) is 11.1. The molecular formula is C38H57N3O5S. The Balaban J connectivity index is 1.40. The van der Waals surface area contributed by atoms with Crippen LogP contribution >= 0.6 is 0 Å². The van der Waals surface area contributed by atoms with Crippen LogP contribution in [0.1, 0.15) is 107 Å². The molecule has 0 saturated heterocycles. The van der Waals surface area contributed by atoms with E-state index in [1.807, 2.05) is 12.1 Å². The first-order valence-electron chi connectivity index (χ1n) is 17.2. The van der Waals surface area contributed by atoms with Crippen molar-refractivity contribution in [3.63, 3.8) is 0 Å². The van der Waals surface area contributed by atoms with Gasteiger partial charge in [0.15, 0.2) is 0 Å². The maximum absolute atomic E-state index is 11.5. The fourth-order valence-electron chi connectivity index (χ4n) is 6.30. The van der Waals surface area contributed by atoms with Gasteiger partial charge < -0.3 is 20.6 Å². The number of aryl methyl sites for hydroxylation is 1. The van der Waals surface area contributed by atoms with E-state index in [0.717, 1.165) is 69.9 Å². The molecule has 0 bridgehead atoms. The molecule has 3 rings (SSSR count). The van der Waals surface area contributed by atoms with Gasteiger partial charge in [0.25, 0.3) is 0 Å². The van der Waals surface area contributed by atoms with Crippen molar-refractivity contribution >= 4 is 15.7 Å². The van der Waals surface area contributed by atoms with Crippen LogP contribution in [0.5, 0.6) is 11.5 Å². The number of rotatable bonds is 21. The molecule has 0 heterocycles. The zero-order valence-electron chi connectivity index (χ0n) is 29.0. The second kappa shape index (κ2) is 19.0. The van der Waals surface area contributed by atoms with Crippen LogP contribution in [-0.4, -0.2) is 66.6 Å². The summed E-state index contributed by atoms with van der Waals surface area (Å²) in [6, 6.07) is 22.1. The lowest BCUT2D eigenvalue weighted by molar-refractivity contribution is 0.170. The third-order valence-electron chi connectivity index (χ3n) is 8.78. The summed E-state index contributed by atoms with van der Waals surface area (Å²) in [4.78, 5) is 2.52. The standard InChI is InChI=1S/C38H57N3O5S/c1-28(2)41(29(3)4)24-22-33(31-16-12-10-13-17-31)34-25-30(18-20-36(34)42)15-11-8-6-7-9-14-23-39-27-38(44)32-19-21-37(43)35(26-32)40-47(5,45)46/h10,12-13,16-21,25-26,28-29,33,38-40,42-44H,6-9,11,14-15,22-24,27H2,1-5H3. The molecular weight excluding hydrogens is 611 g/mol. The Morgan fingerprint density at radius 3 is 2.06 bits per heavy atom.